The minimum atomic E-state index is -0.561. The van der Waals surface area contributed by atoms with Crippen molar-refractivity contribution in [2.45, 2.75) is 25.2 Å². The van der Waals surface area contributed by atoms with E-state index in [1.54, 1.807) is 17.8 Å². The van der Waals surface area contributed by atoms with Crippen LogP contribution in [0.25, 0.3) is 0 Å². The number of methoxy groups -OCH3 is 1. The van der Waals surface area contributed by atoms with Gasteiger partial charge < -0.3 is 14.8 Å². The number of non-ortho nitro benzene ring substituents is 1. The van der Waals surface area contributed by atoms with Gasteiger partial charge in [-0.2, -0.15) is 0 Å². The van der Waals surface area contributed by atoms with Crippen LogP contribution < -0.4 is 14.8 Å². The number of allylic oxidation sites excluding steroid dienone is 1. The monoisotopic (exact) mass is 503 g/mol. The van der Waals surface area contributed by atoms with E-state index >= 15 is 0 Å². The predicted octanol–water partition coefficient (Wildman–Crippen LogP) is 4.65. The third-order valence-electron chi connectivity index (χ3n) is 4.55. The third-order valence-corrected chi connectivity index (χ3v) is 5.84. The Balaban J connectivity index is 1.66. The first kappa shape index (κ1) is 25.1. The van der Waals surface area contributed by atoms with Crippen molar-refractivity contribution < 1.29 is 19.2 Å². The van der Waals surface area contributed by atoms with Crippen LogP contribution in [0.1, 0.15) is 11.4 Å². The quantitative estimate of drug-likeness (QED) is 0.174. The average molecular weight is 504 g/mol. The third kappa shape index (κ3) is 6.27. The molecule has 2 aromatic carbocycles. The lowest BCUT2D eigenvalue weighted by Crippen LogP contribution is -2.15. The molecule has 34 heavy (non-hydrogen) atoms. The van der Waals surface area contributed by atoms with Crippen LogP contribution in [0.2, 0.25) is 5.02 Å². The lowest BCUT2D eigenvalue weighted by atomic mass is 10.2. The number of nitro benzene ring substituents is 1. The predicted molar refractivity (Wildman–Crippen MR) is 130 cm³/mol. The molecule has 0 atom stereocenters. The second-order valence-corrected chi connectivity index (χ2v) is 8.35. The molecule has 0 radical (unpaired) electrons. The number of rotatable bonds is 11. The van der Waals surface area contributed by atoms with E-state index in [-0.39, 0.29) is 28.8 Å². The summed E-state index contributed by atoms with van der Waals surface area (Å²) in [4.78, 5) is 22.8. The van der Waals surface area contributed by atoms with Gasteiger partial charge in [0, 0.05) is 18.7 Å². The van der Waals surface area contributed by atoms with Crippen molar-refractivity contribution in [3.63, 3.8) is 0 Å². The van der Waals surface area contributed by atoms with Crippen LogP contribution in [0, 0.1) is 17.0 Å². The molecule has 1 aromatic heterocycles. The summed E-state index contributed by atoms with van der Waals surface area (Å²) in [6.45, 7) is 6.27. The van der Waals surface area contributed by atoms with E-state index in [1.165, 1.54) is 18.2 Å². The summed E-state index contributed by atoms with van der Waals surface area (Å²) in [6.07, 6.45) is 1.69. The standard InChI is InChI=1S/C22H22ClN5O5S/c1-4-9-27-20(12-33-18-8-5-14(2)10-19(18)32-3)25-26-22(27)34-13-21(29)24-17-11-15(28(30)31)6-7-16(17)23/h4-8,10-11H,1,9,12-13H2,2-3H3,(H,24,29). The molecule has 0 aliphatic heterocycles. The van der Waals surface area contributed by atoms with E-state index in [4.69, 9.17) is 21.1 Å². The van der Waals surface area contributed by atoms with Gasteiger partial charge in [0.1, 0.15) is 6.61 Å². The Labute approximate surface area is 205 Å². The Morgan fingerprint density at radius 1 is 1.29 bits per heavy atom. The minimum Gasteiger partial charge on any atom is -0.493 e. The molecule has 0 bridgehead atoms. The number of benzene rings is 2. The zero-order valence-electron chi connectivity index (χ0n) is 18.5. The van der Waals surface area contributed by atoms with Gasteiger partial charge in [0.2, 0.25) is 5.91 Å². The number of halogens is 1. The molecule has 0 unspecified atom stereocenters. The number of hydrogen-bond acceptors (Lipinski definition) is 8. The Hall–Kier alpha value is -3.57. The Bertz CT molecular complexity index is 1220. The van der Waals surface area contributed by atoms with Gasteiger partial charge in [0.05, 0.1) is 28.5 Å². The number of nitrogens with zero attached hydrogens (tertiary/aromatic N) is 4. The Morgan fingerprint density at radius 3 is 2.79 bits per heavy atom. The molecule has 3 rings (SSSR count). The highest BCUT2D eigenvalue weighted by Crippen LogP contribution is 2.29. The van der Waals surface area contributed by atoms with Crippen molar-refractivity contribution in [2.75, 3.05) is 18.2 Å². The van der Waals surface area contributed by atoms with Crippen LogP contribution in [0.15, 0.2) is 54.2 Å². The lowest BCUT2D eigenvalue weighted by molar-refractivity contribution is -0.384. The number of ether oxygens (including phenoxy) is 2. The maximum absolute atomic E-state index is 12.4. The topological polar surface area (TPSA) is 121 Å². The molecule has 10 nitrogen and oxygen atoms in total. The molecule has 12 heteroatoms. The normalized spacial score (nSPS) is 10.6. The van der Waals surface area contributed by atoms with Crippen LogP contribution in [0.3, 0.4) is 0 Å². The highest BCUT2D eigenvalue weighted by atomic mass is 35.5. The van der Waals surface area contributed by atoms with E-state index < -0.39 is 10.8 Å². The second-order valence-electron chi connectivity index (χ2n) is 7.00. The molecule has 1 amide bonds. The van der Waals surface area contributed by atoms with Gasteiger partial charge in [-0.15, -0.1) is 16.8 Å². The van der Waals surface area contributed by atoms with Crippen molar-refractivity contribution in [1.82, 2.24) is 14.8 Å². The highest BCUT2D eigenvalue weighted by molar-refractivity contribution is 7.99. The van der Waals surface area contributed by atoms with Gasteiger partial charge in [-0.1, -0.05) is 35.5 Å². The molecule has 1 N–H and O–H groups in total. The first-order valence-electron chi connectivity index (χ1n) is 9.99. The van der Waals surface area contributed by atoms with Crippen molar-refractivity contribution in [3.05, 3.63) is 75.6 Å². The fraction of sp³-hybridized carbons (Fsp3) is 0.227. The summed E-state index contributed by atoms with van der Waals surface area (Å²) in [7, 11) is 1.57. The molecular formula is C22H22ClN5O5S. The Morgan fingerprint density at radius 2 is 2.09 bits per heavy atom. The van der Waals surface area contributed by atoms with E-state index in [9.17, 15) is 14.9 Å². The number of nitro groups is 1. The smallest absolute Gasteiger partial charge is 0.271 e. The maximum Gasteiger partial charge on any atom is 0.271 e. The number of carbonyl (C=O) groups is 1. The number of hydrogen-bond donors (Lipinski definition) is 1. The summed E-state index contributed by atoms with van der Waals surface area (Å²) >= 11 is 7.20. The number of anilines is 1. The number of thioether (sulfide) groups is 1. The molecule has 0 fully saturated rings. The first-order chi connectivity index (χ1) is 16.3. The molecular weight excluding hydrogens is 482 g/mol. The second kappa shape index (κ2) is 11.5. The van der Waals surface area contributed by atoms with Crippen molar-refractivity contribution in [2.24, 2.45) is 0 Å². The van der Waals surface area contributed by atoms with E-state index in [0.717, 1.165) is 17.3 Å². The molecule has 1 heterocycles. The number of aryl methyl sites for hydroxylation is 1. The number of aromatic nitrogens is 3. The molecule has 3 aromatic rings. The molecule has 0 saturated carbocycles. The molecule has 0 aliphatic carbocycles. The van der Waals surface area contributed by atoms with Crippen LogP contribution in [0.4, 0.5) is 11.4 Å². The zero-order chi connectivity index (χ0) is 24.7. The van der Waals surface area contributed by atoms with Gasteiger partial charge >= 0.3 is 0 Å². The van der Waals surface area contributed by atoms with Gasteiger partial charge in [0.15, 0.2) is 22.5 Å². The number of amides is 1. The number of nitrogens with one attached hydrogen (secondary N) is 1. The largest absolute Gasteiger partial charge is 0.493 e. The minimum absolute atomic E-state index is 0.0130. The zero-order valence-corrected chi connectivity index (χ0v) is 20.1. The lowest BCUT2D eigenvalue weighted by Gasteiger charge is -2.12. The van der Waals surface area contributed by atoms with E-state index in [0.29, 0.717) is 29.0 Å². The van der Waals surface area contributed by atoms with Gasteiger partial charge in [-0.05, 0) is 30.7 Å². The summed E-state index contributed by atoms with van der Waals surface area (Å²) in [5.41, 5.74) is 1.03. The maximum atomic E-state index is 12.4. The molecule has 0 saturated heterocycles. The summed E-state index contributed by atoms with van der Waals surface area (Å²) in [5, 5.41) is 22.6. The molecule has 0 spiro atoms. The van der Waals surface area contributed by atoms with Gasteiger partial charge in [0.25, 0.3) is 5.69 Å². The van der Waals surface area contributed by atoms with Gasteiger partial charge in [-0.25, -0.2) is 0 Å². The number of carbonyl (C=O) groups excluding carboxylic acids is 1. The van der Waals surface area contributed by atoms with Crippen molar-refractivity contribution >= 4 is 40.6 Å². The summed E-state index contributed by atoms with van der Waals surface area (Å²) in [5.74, 6) is 1.32. The van der Waals surface area contributed by atoms with Crippen LogP contribution in [-0.2, 0) is 17.9 Å². The summed E-state index contributed by atoms with van der Waals surface area (Å²) in [6, 6.07) is 9.44. The van der Waals surface area contributed by atoms with E-state index in [2.05, 4.69) is 22.1 Å². The highest BCUT2D eigenvalue weighted by Gasteiger charge is 2.17. The van der Waals surface area contributed by atoms with Crippen LogP contribution in [0.5, 0.6) is 11.5 Å². The average Bonchev–Trinajstić information content (AvgIpc) is 3.19. The fourth-order valence-corrected chi connectivity index (χ4v) is 3.85. The Kier molecular flexibility index (Phi) is 8.50. The fourth-order valence-electron chi connectivity index (χ4n) is 2.92. The molecule has 0 aliphatic rings. The van der Waals surface area contributed by atoms with Gasteiger partial charge in [-0.3, -0.25) is 19.5 Å². The first-order valence-corrected chi connectivity index (χ1v) is 11.4. The van der Waals surface area contributed by atoms with Crippen molar-refractivity contribution in [1.29, 1.82) is 0 Å². The SMILES string of the molecule is C=CCn1c(COc2ccc(C)cc2OC)nnc1SCC(=O)Nc1cc([N+](=O)[O-])ccc1Cl. The van der Waals surface area contributed by atoms with Crippen molar-refractivity contribution in [3.8, 4) is 11.5 Å². The van der Waals surface area contributed by atoms with Crippen LogP contribution >= 0.6 is 23.4 Å². The van der Waals surface area contributed by atoms with Crippen LogP contribution in [-0.4, -0.2) is 38.5 Å². The van der Waals surface area contributed by atoms with E-state index in [1.807, 2.05) is 25.1 Å². The summed E-state index contributed by atoms with van der Waals surface area (Å²) < 4.78 is 13.0. The molecule has 178 valence electrons.